The maximum Gasteiger partial charge on any atom is 0.240 e. The summed E-state index contributed by atoms with van der Waals surface area (Å²) in [7, 11) is 0. The predicted molar refractivity (Wildman–Crippen MR) is 242 cm³/mol. The summed E-state index contributed by atoms with van der Waals surface area (Å²) in [6.07, 6.45) is 0. The Morgan fingerprint density at radius 2 is 0.804 bits per heavy atom. The highest BCUT2D eigenvalue weighted by Crippen LogP contribution is 2.45. The third-order valence-corrected chi connectivity index (χ3v) is 13.3. The van der Waals surface area contributed by atoms with Crippen LogP contribution in [-0.4, -0.2) is 22.2 Å². The van der Waals surface area contributed by atoms with E-state index in [0.29, 0.717) is 0 Å². The Morgan fingerprint density at radius 1 is 0.304 bits per heavy atom. The minimum absolute atomic E-state index is 0.111. The molecule has 4 heteroatoms. The van der Waals surface area contributed by atoms with E-state index in [4.69, 9.17) is 0 Å². The lowest BCUT2D eigenvalue weighted by atomic mass is 9.20. The van der Waals surface area contributed by atoms with Crippen LogP contribution in [0.2, 0.25) is 0 Å². The average molecular weight is 704 g/mol. The van der Waals surface area contributed by atoms with Crippen molar-refractivity contribution in [2.45, 2.75) is 0 Å². The average Bonchev–Trinajstić information content (AvgIpc) is 3.78. The van der Waals surface area contributed by atoms with Gasteiger partial charge in [0, 0.05) is 26.9 Å². The number of nitrogens with zero attached hydrogens (tertiary/aromatic N) is 2. The smallest absolute Gasteiger partial charge is 0.240 e. The highest BCUT2D eigenvalue weighted by Gasteiger charge is 2.40. The van der Waals surface area contributed by atoms with Crippen molar-refractivity contribution in [3.8, 4) is 0 Å². The lowest BCUT2D eigenvalue weighted by molar-refractivity contribution is 1.27. The number of benzene rings is 10. The fourth-order valence-corrected chi connectivity index (χ4v) is 11.3. The van der Waals surface area contributed by atoms with Gasteiger partial charge < -0.3 is 8.80 Å². The molecule has 2 nitrogen and oxygen atoms in total. The second-order valence-electron chi connectivity index (χ2n) is 15.9. The summed E-state index contributed by atoms with van der Waals surface area (Å²) in [6.45, 7) is 0.248. The molecule has 0 saturated heterocycles. The van der Waals surface area contributed by atoms with E-state index in [1.807, 2.05) is 0 Å². The molecule has 0 saturated carbocycles. The molecule has 0 atom stereocenters. The van der Waals surface area contributed by atoms with Crippen molar-refractivity contribution >= 4 is 133 Å². The molecule has 3 aromatic heterocycles. The summed E-state index contributed by atoms with van der Waals surface area (Å²) in [5.41, 5.74) is 15.9. The van der Waals surface area contributed by atoms with Crippen LogP contribution in [0.3, 0.4) is 0 Å². The SMILES string of the molecule is c1ccc(B2c3ccccc3B(c3ccccc3)c3c2cc2ccc4c5c(ccc3c25)cc2c4n3c4ccccc4c4ccc5c6ccccc6n2c5c43)cc1. The van der Waals surface area contributed by atoms with E-state index in [0.717, 1.165) is 0 Å². The minimum Gasteiger partial charge on any atom is -0.305 e. The zero-order valence-corrected chi connectivity index (χ0v) is 30.4. The quantitative estimate of drug-likeness (QED) is 0.0971. The van der Waals surface area contributed by atoms with Gasteiger partial charge in [-0.3, -0.25) is 0 Å². The van der Waals surface area contributed by atoms with E-state index in [-0.39, 0.29) is 13.4 Å². The maximum atomic E-state index is 2.59. The lowest BCUT2D eigenvalue weighted by Crippen LogP contribution is -2.75. The number of rotatable bonds is 2. The molecule has 10 aromatic carbocycles. The molecule has 0 radical (unpaired) electrons. The molecule has 0 N–H and O–H groups in total. The van der Waals surface area contributed by atoms with Crippen molar-refractivity contribution in [3.63, 3.8) is 0 Å². The molecule has 1 aliphatic heterocycles. The van der Waals surface area contributed by atoms with Crippen molar-refractivity contribution in [2.24, 2.45) is 0 Å². The third kappa shape index (κ3) is 3.48. The molecule has 0 aliphatic carbocycles. The largest absolute Gasteiger partial charge is 0.305 e. The molecule has 0 spiro atoms. The summed E-state index contributed by atoms with van der Waals surface area (Å²) in [6, 6.07) is 68.9. The van der Waals surface area contributed by atoms with Crippen molar-refractivity contribution in [3.05, 3.63) is 182 Å². The molecule has 56 heavy (non-hydrogen) atoms. The molecule has 4 heterocycles. The molecule has 0 bridgehead atoms. The monoisotopic (exact) mass is 704 g/mol. The summed E-state index contributed by atoms with van der Waals surface area (Å²) < 4.78 is 5.15. The fraction of sp³-hybridized carbons (Fsp3) is 0. The van der Waals surface area contributed by atoms with Gasteiger partial charge in [0.25, 0.3) is 0 Å². The first kappa shape index (κ1) is 29.3. The van der Waals surface area contributed by atoms with Gasteiger partial charge in [-0.2, -0.15) is 0 Å². The normalized spacial score (nSPS) is 13.3. The molecule has 0 amide bonds. The fourth-order valence-electron chi connectivity index (χ4n) is 11.3. The van der Waals surface area contributed by atoms with Crippen LogP contribution >= 0.6 is 0 Å². The van der Waals surface area contributed by atoms with E-state index in [9.17, 15) is 0 Å². The zero-order chi connectivity index (χ0) is 36.2. The van der Waals surface area contributed by atoms with Gasteiger partial charge in [0.05, 0.1) is 33.1 Å². The van der Waals surface area contributed by atoms with E-state index < -0.39 is 0 Å². The lowest BCUT2D eigenvalue weighted by Gasteiger charge is -2.34. The van der Waals surface area contributed by atoms with Crippen molar-refractivity contribution < 1.29 is 0 Å². The number of aromatic nitrogens is 2. The van der Waals surface area contributed by atoms with Crippen LogP contribution in [0.1, 0.15) is 0 Å². The summed E-state index contributed by atoms with van der Waals surface area (Å²) in [4.78, 5) is 0. The van der Waals surface area contributed by atoms with E-state index in [2.05, 4.69) is 191 Å². The van der Waals surface area contributed by atoms with E-state index in [1.54, 1.807) is 0 Å². The van der Waals surface area contributed by atoms with Gasteiger partial charge in [-0.1, -0.05) is 197 Å². The summed E-state index contributed by atoms with van der Waals surface area (Å²) in [5.74, 6) is 0. The van der Waals surface area contributed by atoms with Gasteiger partial charge in [0.2, 0.25) is 13.4 Å². The molecular weight excluding hydrogens is 674 g/mol. The van der Waals surface area contributed by atoms with Crippen LogP contribution in [0.15, 0.2) is 182 Å². The highest BCUT2D eigenvalue weighted by atomic mass is 15.0. The molecule has 0 unspecified atom stereocenters. The van der Waals surface area contributed by atoms with Crippen LogP contribution in [0.25, 0.3) is 87.0 Å². The minimum atomic E-state index is 0.111. The first-order valence-corrected chi connectivity index (χ1v) is 19.8. The molecule has 254 valence electrons. The van der Waals surface area contributed by atoms with Crippen molar-refractivity contribution in [2.75, 3.05) is 0 Å². The summed E-state index contributed by atoms with van der Waals surface area (Å²) in [5, 5.41) is 13.1. The van der Waals surface area contributed by atoms with Gasteiger partial charge in [0.1, 0.15) is 0 Å². The third-order valence-electron chi connectivity index (χ3n) is 13.3. The van der Waals surface area contributed by atoms with Gasteiger partial charge >= 0.3 is 0 Å². The topological polar surface area (TPSA) is 8.82 Å². The Morgan fingerprint density at radius 3 is 1.50 bits per heavy atom. The first-order chi connectivity index (χ1) is 27.8. The van der Waals surface area contributed by atoms with Crippen LogP contribution in [0, 0.1) is 0 Å². The number of hydrogen-bond donors (Lipinski definition) is 0. The Bertz CT molecular complexity index is 3770. The van der Waals surface area contributed by atoms with E-state index >= 15 is 0 Å². The molecule has 1 aliphatic rings. The standard InChI is InChI=1S/C52H30B2N2/c1-3-13-33(14-4-1)53-41-19-9-10-20-42(41)54(34-15-5-2-6-16-34)49-39-25-23-32-30-46-50(40-26-24-31(29-43(49)53)47(39)48(32)40)56-45-22-12-8-18-36(45)38-28-27-37-35-17-7-11-21-44(35)55(46)51(37)52(38)56/h1-30H. The predicted octanol–water partition coefficient (Wildman–Crippen LogP) is 8.49. The molecule has 13 aromatic rings. The highest BCUT2D eigenvalue weighted by molar-refractivity contribution is 7.12. The Hall–Kier alpha value is -7.03. The van der Waals surface area contributed by atoms with Gasteiger partial charge in [-0.05, 0) is 45.1 Å². The van der Waals surface area contributed by atoms with Crippen molar-refractivity contribution in [1.82, 2.24) is 8.80 Å². The van der Waals surface area contributed by atoms with Crippen LogP contribution in [0.4, 0.5) is 0 Å². The zero-order valence-electron chi connectivity index (χ0n) is 30.4. The van der Waals surface area contributed by atoms with Crippen molar-refractivity contribution in [1.29, 1.82) is 0 Å². The molecule has 14 rings (SSSR count). The number of para-hydroxylation sites is 2. The number of hydrogen-bond acceptors (Lipinski definition) is 0. The Labute approximate surface area is 322 Å². The second kappa shape index (κ2) is 10.4. The first-order valence-electron chi connectivity index (χ1n) is 19.8. The van der Waals surface area contributed by atoms with Gasteiger partial charge in [-0.25, -0.2) is 0 Å². The van der Waals surface area contributed by atoms with Gasteiger partial charge in [0.15, 0.2) is 0 Å². The van der Waals surface area contributed by atoms with Crippen LogP contribution in [-0.2, 0) is 0 Å². The Kier molecular flexibility index (Phi) is 5.44. The van der Waals surface area contributed by atoms with Crippen LogP contribution in [0.5, 0.6) is 0 Å². The van der Waals surface area contributed by atoms with Gasteiger partial charge in [-0.15, -0.1) is 0 Å². The number of fused-ring (bicyclic) bond motifs is 13. The summed E-state index contributed by atoms with van der Waals surface area (Å²) >= 11 is 0. The van der Waals surface area contributed by atoms with E-state index in [1.165, 1.54) is 120 Å². The molecular formula is C52H30B2N2. The maximum absolute atomic E-state index is 2.59. The van der Waals surface area contributed by atoms with Crippen LogP contribution < -0.4 is 32.8 Å². The molecule has 0 fully saturated rings. The second-order valence-corrected chi connectivity index (χ2v) is 15.9. The Balaban J connectivity index is 1.20.